The lowest BCUT2D eigenvalue weighted by molar-refractivity contribution is 0.276. The topological polar surface area (TPSA) is 47.1 Å². The van der Waals surface area contributed by atoms with E-state index in [0.717, 1.165) is 32.6 Å². The highest BCUT2D eigenvalue weighted by Crippen LogP contribution is 2.08. The van der Waals surface area contributed by atoms with Gasteiger partial charge in [0, 0.05) is 44.5 Å². The zero-order valence-corrected chi connectivity index (χ0v) is 13.8. The molecule has 22 heavy (non-hydrogen) atoms. The van der Waals surface area contributed by atoms with E-state index in [2.05, 4.69) is 60.4 Å². The molecule has 1 aromatic heterocycles. The van der Waals surface area contributed by atoms with E-state index in [4.69, 9.17) is 5.73 Å². The first-order chi connectivity index (χ1) is 10.7. The molecular weight excluding hydrogens is 272 g/mol. The maximum absolute atomic E-state index is 5.76. The fraction of sp³-hybridized carbons (Fsp3) is 0.500. The van der Waals surface area contributed by atoms with Crippen LogP contribution in [0.1, 0.15) is 25.0 Å². The van der Waals surface area contributed by atoms with Crippen LogP contribution >= 0.6 is 0 Å². The van der Waals surface area contributed by atoms with Gasteiger partial charge in [0.2, 0.25) is 0 Å². The molecule has 0 saturated heterocycles. The summed E-state index contributed by atoms with van der Waals surface area (Å²) in [5.41, 5.74) is 8.40. The van der Waals surface area contributed by atoms with Crippen LogP contribution in [-0.2, 0) is 19.5 Å². The molecule has 0 unspecified atom stereocenters. The predicted octanol–water partition coefficient (Wildman–Crippen LogP) is 2.54. The maximum Gasteiger partial charge on any atom is 0.0534 e. The summed E-state index contributed by atoms with van der Waals surface area (Å²) in [7, 11) is 0. The number of nitrogens with zero attached hydrogens (tertiary/aromatic N) is 3. The van der Waals surface area contributed by atoms with E-state index in [0.29, 0.717) is 12.5 Å². The number of aromatic nitrogens is 2. The lowest BCUT2D eigenvalue weighted by atomic mass is 10.1. The Balaban J connectivity index is 1.89. The highest BCUT2D eigenvalue weighted by atomic mass is 15.3. The van der Waals surface area contributed by atoms with E-state index in [-0.39, 0.29) is 0 Å². The number of rotatable bonds is 9. The van der Waals surface area contributed by atoms with Crippen molar-refractivity contribution < 1.29 is 0 Å². The summed E-state index contributed by atoms with van der Waals surface area (Å²) in [6, 6.07) is 10.6. The van der Waals surface area contributed by atoms with Crippen LogP contribution in [0, 0.1) is 5.92 Å². The Labute approximate surface area is 133 Å². The third-order valence-corrected chi connectivity index (χ3v) is 3.65. The highest BCUT2D eigenvalue weighted by Gasteiger charge is 2.08. The second-order valence-electron chi connectivity index (χ2n) is 6.26. The van der Waals surface area contributed by atoms with Gasteiger partial charge in [0.05, 0.1) is 6.20 Å². The number of nitrogens with two attached hydrogens (primary N) is 1. The molecule has 0 amide bonds. The molecule has 0 aliphatic heterocycles. The third-order valence-electron chi connectivity index (χ3n) is 3.65. The second-order valence-corrected chi connectivity index (χ2v) is 6.26. The van der Waals surface area contributed by atoms with Gasteiger partial charge >= 0.3 is 0 Å². The summed E-state index contributed by atoms with van der Waals surface area (Å²) in [6.45, 7) is 8.95. The number of benzene rings is 1. The fourth-order valence-corrected chi connectivity index (χ4v) is 2.60. The Morgan fingerprint density at radius 2 is 1.91 bits per heavy atom. The molecule has 2 aromatic rings. The minimum absolute atomic E-state index is 0.617. The van der Waals surface area contributed by atoms with Gasteiger partial charge in [-0.1, -0.05) is 44.2 Å². The number of hydrogen-bond acceptors (Lipinski definition) is 3. The van der Waals surface area contributed by atoms with Crippen LogP contribution in [0.15, 0.2) is 42.7 Å². The average molecular weight is 300 g/mol. The molecule has 1 aromatic carbocycles. The van der Waals surface area contributed by atoms with Crippen molar-refractivity contribution in [3.63, 3.8) is 0 Å². The lowest BCUT2D eigenvalue weighted by Crippen LogP contribution is -2.30. The first kappa shape index (κ1) is 16.7. The van der Waals surface area contributed by atoms with Gasteiger partial charge in [-0.3, -0.25) is 9.58 Å². The molecular formula is C18H28N4. The normalized spacial score (nSPS) is 11.5. The van der Waals surface area contributed by atoms with Crippen molar-refractivity contribution >= 4 is 0 Å². The molecule has 0 bridgehead atoms. The monoisotopic (exact) mass is 300 g/mol. The summed E-state index contributed by atoms with van der Waals surface area (Å²) in [4.78, 5) is 2.41. The van der Waals surface area contributed by atoms with E-state index in [1.807, 2.05) is 10.9 Å². The van der Waals surface area contributed by atoms with E-state index in [9.17, 15) is 0 Å². The van der Waals surface area contributed by atoms with Gasteiger partial charge in [0.1, 0.15) is 0 Å². The van der Waals surface area contributed by atoms with Crippen LogP contribution in [0.5, 0.6) is 0 Å². The van der Waals surface area contributed by atoms with Gasteiger partial charge < -0.3 is 5.73 Å². The highest BCUT2D eigenvalue weighted by molar-refractivity contribution is 5.15. The predicted molar refractivity (Wildman–Crippen MR) is 91.5 cm³/mol. The quantitative estimate of drug-likeness (QED) is 0.774. The molecule has 0 atom stereocenters. The molecule has 4 heteroatoms. The molecule has 0 saturated carbocycles. The van der Waals surface area contributed by atoms with Gasteiger partial charge in [-0.2, -0.15) is 5.10 Å². The van der Waals surface area contributed by atoms with E-state index < -0.39 is 0 Å². The zero-order chi connectivity index (χ0) is 15.8. The van der Waals surface area contributed by atoms with E-state index >= 15 is 0 Å². The molecule has 0 aliphatic carbocycles. The van der Waals surface area contributed by atoms with Crippen molar-refractivity contribution in [1.29, 1.82) is 0 Å². The Hall–Kier alpha value is -1.65. The third kappa shape index (κ3) is 5.62. The van der Waals surface area contributed by atoms with Crippen LogP contribution in [0.25, 0.3) is 0 Å². The SMILES string of the molecule is CC(C)Cn1cc(CN(CCN)CCc2ccccc2)cn1. The van der Waals surface area contributed by atoms with Crippen LogP contribution in [0.3, 0.4) is 0 Å². The van der Waals surface area contributed by atoms with Crippen LogP contribution in [-0.4, -0.2) is 34.3 Å². The smallest absolute Gasteiger partial charge is 0.0534 e. The van der Waals surface area contributed by atoms with Crippen molar-refractivity contribution in [1.82, 2.24) is 14.7 Å². The molecule has 0 fully saturated rings. The summed E-state index contributed by atoms with van der Waals surface area (Å²) in [6.07, 6.45) is 5.20. The van der Waals surface area contributed by atoms with Crippen molar-refractivity contribution in [2.75, 3.05) is 19.6 Å². The lowest BCUT2D eigenvalue weighted by Gasteiger charge is -2.20. The van der Waals surface area contributed by atoms with Crippen molar-refractivity contribution in [3.05, 3.63) is 53.9 Å². The first-order valence-electron chi connectivity index (χ1n) is 8.15. The van der Waals surface area contributed by atoms with Crippen molar-refractivity contribution in [2.24, 2.45) is 11.7 Å². The molecule has 4 nitrogen and oxygen atoms in total. The minimum atomic E-state index is 0.617. The molecule has 0 radical (unpaired) electrons. The van der Waals surface area contributed by atoms with Crippen molar-refractivity contribution in [2.45, 2.75) is 33.4 Å². The van der Waals surface area contributed by atoms with Gasteiger partial charge in [-0.25, -0.2) is 0 Å². The Morgan fingerprint density at radius 1 is 1.14 bits per heavy atom. The van der Waals surface area contributed by atoms with E-state index in [1.165, 1.54) is 11.1 Å². The van der Waals surface area contributed by atoms with Gasteiger partial charge in [0.15, 0.2) is 0 Å². The second kappa shape index (κ2) is 8.71. The largest absolute Gasteiger partial charge is 0.329 e. The molecule has 2 N–H and O–H groups in total. The summed E-state index contributed by atoms with van der Waals surface area (Å²) < 4.78 is 2.04. The zero-order valence-electron chi connectivity index (χ0n) is 13.8. The standard InChI is InChI=1S/C18H28N4/c1-16(2)13-22-15-18(12-20-22)14-21(11-9-19)10-8-17-6-4-3-5-7-17/h3-7,12,15-16H,8-11,13-14,19H2,1-2H3. The summed E-state index contributed by atoms with van der Waals surface area (Å²) >= 11 is 0. The van der Waals surface area contributed by atoms with Crippen LogP contribution < -0.4 is 5.73 Å². The molecule has 120 valence electrons. The van der Waals surface area contributed by atoms with E-state index in [1.54, 1.807) is 0 Å². The minimum Gasteiger partial charge on any atom is -0.329 e. The molecule has 2 rings (SSSR count). The van der Waals surface area contributed by atoms with Gasteiger partial charge in [0.25, 0.3) is 0 Å². The van der Waals surface area contributed by atoms with Crippen LogP contribution in [0.4, 0.5) is 0 Å². The Bertz CT molecular complexity index is 533. The summed E-state index contributed by atoms with van der Waals surface area (Å²) in [5, 5.41) is 4.45. The molecule has 0 spiro atoms. The molecule has 1 heterocycles. The summed E-state index contributed by atoms with van der Waals surface area (Å²) in [5.74, 6) is 0.617. The van der Waals surface area contributed by atoms with Crippen LogP contribution in [0.2, 0.25) is 0 Å². The Kier molecular flexibility index (Phi) is 6.62. The van der Waals surface area contributed by atoms with Gasteiger partial charge in [-0.15, -0.1) is 0 Å². The maximum atomic E-state index is 5.76. The number of hydrogen-bond donors (Lipinski definition) is 1. The average Bonchev–Trinajstić information content (AvgIpc) is 2.92. The van der Waals surface area contributed by atoms with Crippen molar-refractivity contribution in [3.8, 4) is 0 Å². The molecule has 0 aliphatic rings. The Morgan fingerprint density at radius 3 is 2.59 bits per heavy atom. The fourth-order valence-electron chi connectivity index (χ4n) is 2.60. The van der Waals surface area contributed by atoms with Gasteiger partial charge in [-0.05, 0) is 17.9 Å². The first-order valence-corrected chi connectivity index (χ1v) is 8.15.